The molecule has 8 heteroatoms. The van der Waals surface area contributed by atoms with Gasteiger partial charge in [0.05, 0.1) is 0 Å². The summed E-state index contributed by atoms with van der Waals surface area (Å²) in [6, 6.07) is 13.0. The molecule has 0 saturated carbocycles. The molecule has 1 saturated heterocycles. The van der Waals surface area contributed by atoms with E-state index in [4.69, 9.17) is 11.6 Å². The van der Waals surface area contributed by atoms with E-state index in [1.54, 1.807) is 40.2 Å². The number of benzene rings is 1. The van der Waals surface area contributed by atoms with Gasteiger partial charge in [0, 0.05) is 49.3 Å². The lowest BCUT2D eigenvalue weighted by Gasteiger charge is -2.36. The molecule has 0 N–H and O–H groups in total. The first kappa shape index (κ1) is 16.5. The van der Waals surface area contributed by atoms with Crippen molar-refractivity contribution < 1.29 is 4.79 Å². The lowest BCUT2D eigenvalue weighted by molar-refractivity contribution is 0.0739. The number of amides is 1. The van der Waals surface area contributed by atoms with Crippen LogP contribution in [-0.4, -0.2) is 57.0 Å². The lowest BCUT2D eigenvalue weighted by Crippen LogP contribution is -2.49. The summed E-state index contributed by atoms with van der Waals surface area (Å²) >= 11 is 6.06. The molecule has 3 aromatic rings. The van der Waals surface area contributed by atoms with Crippen LogP contribution in [0.5, 0.6) is 0 Å². The zero-order chi connectivity index (χ0) is 17.9. The fourth-order valence-corrected chi connectivity index (χ4v) is 3.15. The van der Waals surface area contributed by atoms with Gasteiger partial charge in [-0.2, -0.15) is 5.10 Å². The second kappa shape index (κ2) is 7.13. The predicted octanol–water partition coefficient (Wildman–Crippen LogP) is 2.28. The lowest BCUT2D eigenvalue weighted by atomic mass is 10.2. The zero-order valence-corrected chi connectivity index (χ0v) is 14.8. The van der Waals surface area contributed by atoms with Gasteiger partial charge in [0.2, 0.25) is 0 Å². The van der Waals surface area contributed by atoms with E-state index < -0.39 is 0 Å². The summed E-state index contributed by atoms with van der Waals surface area (Å²) in [5, 5.41) is 13.0. The quantitative estimate of drug-likeness (QED) is 0.709. The number of aromatic nitrogens is 4. The first-order chi connectivity index (χ1) is 12.7. The Labute approximate surface area is 155 Å². The highest BCUT2D eigenvalue weighted by atomic mass is 35.5. The summed E-state index contributed by atoms with van der Waals surface area (Å²) in [5.41, 5.74) is 1.42. The predicted molar refractivity (Wildman–Crippen MR) is 98.7 cm³/mol. The highest BCUT2D eigenvalue weighted by molar-refractivity contribution is 6.30. The van der Waals surface area contributed by atoms with Crippen molar-refractivity contribution >= 4 is 23.2 Å². The van der Waals surface area contributed by atoms with Gasteiger partial charge in [0.25, 0.3) is 5.91 Å². The maximum Gasteiger partial charge on any atom is 0.274 e. The molecule has 1 aliphatic heterocycles. The summed E-state index contributed by atoms with van der Waals surface area (Å²) < 4.78 is 1.60. The Morgan fingerprint density at radius 2 is 1.85 bits per heavy atom. The molecule has 1 aromatic carbocycles. The van der Waals surface area contributed by atoms with E-state index in [-0.39, 0.29) is 5.91 Å². The SMILES string of the molecule is O=C(c1ccc(-n2cccn2)nn1)N1CCN(c2cccc(Cl)c2)CC1. The molecule has 1 aliphatic rings. The van der Waals surface area contributed by atoms with Crippen LogP contribution in [0.1, 0.15) is 10.5 Å². The van der Waals surface area contributed by atoms with Crippen LogP contribution in [0, 0.1) is 0 Å². The van der Waals surface area contributed by atoms with Crippen LogP contribution in [0.3, 0.4) is 0 Å². The van der Waals surface area contributed by atoms with Crippen LogP contribution in [-0.2, 0) is 0 Å². The highest BCUT2D eigenvalue weighted by Gasteiger charge is 2.23. The molecule has 2 aromatic heterocycles. The minimum absolute atomic E-state index is 0.102. The maximum absolute atomic E-state index is 12.7. The van der Waals surface area contributed by atoms with Crippen molar-refractivity contribution in [3.8, 4) is 5.82 Å². The number of hydrogen-bond acceptors (Lipinski definition) is 5. The van der Waals surface area contributed by atoms with Crippen LogP contribution in [0.15, 0.2) is 54.9 Å². The van der Waals surface area contributed by atoms with Crippen molar-refractivity contribution in [2.75, 3.05) is 31.1 Å². The van der Waals surface area contributed by atoms with Gasteiger partial charge in [0.1, 0.15) is 0 Å². The number of carbonyl (C=O) groups is 1. The Kier molecular flexibility index (Phi) is 4.53. The molecule has 1 amide bonds. The fraction of sp³-hybridized carbons (Fsp3) is 0.222. The van der Waals surface area contributed by atoms with Gasteiger partial charge in [-0.15, -0.1) is 10.2 Å². The molecule has 0 radical (unpaired) electrons. The molecule has 0 unspecified atom stereocenters. The van der Waals surface area contributed by atoms with Gasteiger partial charge in [-0.3, -0.25) is 4.79 Å². The highest BCUT2D eigenvalue weighted by Crippen LogP contribution is 2.21. The minimum Gasteiger partial charge on any atom is -0.368 e. The van der Waals surface area contributed by atoms with E-state index in [1.807, 2.05) is 24.3 Å². The Morgan fingerprint density at radius 1 is 1.00 bits per heavy atom. The number of carbonyl (C=O) groups excluding carboxylic acids is 1. The third-order valence-corrected chi connectivity index (χ3v) is 4.58. The number of hydrogen-bond donors (Lipinski definition) is 0. The summed E-state index contributed by atoms with van der Waals surface area (Å²) in [4.78, 5) is 16.7. The molecule has 0 aliphatic carbocycles. The van der Waals surface area contributed by atoms with Crippen molar-refractivity contribution in [1.82, 2.24) is 24.9 Å². The molecule has 3 heterocycles. The molecule has 26 heavy (non-hydrogen) atoms. The summed E-state index contributed by atoms with van der Waals surface area (Å²) in [7, 11) is 0. The molecule has 0 spiro atoms. The standard InChI is InChI=1S/C18H17ClN6O/c19-14-3-1-4-15(13-14)23-9-11-24(12-10-23)18(26)16-5-6-17(22-21-16)25-8-2-7-20-25/h1-8,13H,9-12H2. The maximum atomic E-state index is 12.7. The fourth-order valence-electron chi connectivity index (χ4n) is 2.97. The molecule has 1 fully saturated rings. The van der Waals surface area contributed by atoms with Crippen LogP contribution < -0.4 is 4.90 Å². The smallest absolute Gasteiger partial charge is 0.274 e. The summed E-state index contributed by atoms with van der Waals surface area (Å²) in [6.45, 7) is 2.78. The Balaban J connectivity index is 1.40. The third-order valence-electron chi connectivity index (χ3n) is 4.35. The van der Waals surface area contributed by atoms with E-state index in [2.05, 4.69) is 20.2 Å². The Hall–Kier alpha value is -2.93. The second-order valence-corrected chi connectivity index (χ2v) is 6.42. The molecule has 0 bridgehead atoms. The van der Waals surface area contributed by atoms with Crippen LogP contribution >= 0.6 is 11.6 Å². The van der Waals surface area contributed by atoms with Gasteiger partial charge >= 0.3 is 0 Å². The van der Waals surface area contributed by atoms with E-state index in [0.29, 0.717) is 29.6 Å². The van der Waals surface area contributed by atoms with Gasteiger partial charge < -0.3 is 9.80 Å². The first-order valence-corrected chi connectivity index (χ1v) is 8.72. The van der Waals surface area contributed by atoms with E-state index in [1.165, 1.54) is 0 Å². The normalized spacial score (nSPS) is 14.5. The van der Waals surface area contributed by atoms with Gasteiger partial charge in [-0.1, -0.05) is 17.7 Å². The van der Waals surface area contributed by atoms with Crippen molar-refractivity contribution in [2.24, 2.45) is 0 Å². The van der Waals surface area contributed by atoms with Gasteiger partial charge in [-0.25, -0.2) is 4.68 Å². The van der Waals surface area contributed by atoms with Crippen LogP contribution in [0.25, 0.3) is 5.82 Å². The van der Waals surface area contributed by atoms with E-state index in [0.717, 1.165) is 18.8 Å². The number of piperazine rings is 1. The topological polar surface area (TPSA) is 67.2 Å². The average Bonchev–Trinajstić information content (AvgIpc) is 3.23. The van der Waals surface area contributed by atoms with Crippen molar-refractivity contribution in [3.05, 3.63) is 65.6 Å². The molecule has 0 atom stereocenters. The molecule has 132 valence electrons. The van der Waals surface area contributed by atoms with Crippen molar-refractivity contribution in [1.29, 1.82) is 0 Å². The van der Waals surface area contributed by atoms with E-state index >= 15 is 0 Å². The zero-order valence-electron chi connectivity index (χ0n) is 14.0. The molecular weight excluding hydrogens is 352 g/mol. The largest absolute Gasteiger partial charge is 0.368 e. The molecular formula is C18H17ClN6O. The number of halogens is 1. The average molecular weight is 369 g/mol. The van der Waals surface area contributed by atoms with E-state index in [9.17, 15) is 4.79 Å². The third kappa shape index (κ3) is 3.39. The first-order valence-electron chi connectivity index (χ1n) is 8.34. The number of anilines is 1. The van der Waals surface area contributed by atoms with Crippen LogP contribution in [0.2, 0.25) is 5.02 Å². The van der Waals surface area contributed by atoms with Crippen molar-refractivity contribution in [2.45, 2.75) is 0 Å². The Morgan fingerprint density at radius 3 is 2.50 bits per heavy atom. The number of rotatable bonds is 3. The number of nitrogens with zero attached hydrogens (tertiary/aromatic N) is 6. The molecule has 4 rings (SSSR count). The Bertz CT molecular complexity index is 888. The van der Waals surface area contributed by atoms with Crippen molar-refractivity contribution in [3.63, 3.8) is 0 Å². The van der Waals surface area contributed by atoms with Gasteiger partial charge in [0.15, 0.2) is 11.5 Å². The minimum atomic E-state index is -0.102. The van der Waals surface area contributed by atoms with Crippen LogP contribution in [0.4, 0.5) is 5.69 Å². The summed E-state index contributed by atoms with van der Waals surface area (Å²) in [5.74, 6) is 0.479. The second-order valence-electron chi connectivity index (χ2n) is 5.99. The summed E-state index contributed by atoms with van der Waals surface area (Å²) in [6.07, 6.45) is 3.45. The monoisotopic (exact) mass is 368 g/mol. The van der Waals surface area contributed by atoms with Gasteiger partial charge in [-0.05, 0) is 36.4 Å². The molecule has 7 nitrogen and oxygen atoms in total.